The minimum absolute atomic E-state index is 0.170. The highest BCUT2D eigenvalue weighted by atomic mass is 19.1. The van der Waals surface area contributed by atoms with Gasteiger partial charge in [-0.25, -0.2) is 9.37 Å². The second-order valence-corrected chi connectivity index (χ2v) is 6.21. The van der Waals surface area contributed by atoms with Gasteiger partial charge in [-0.05, 0) is 39.2 Å². The summed E-state index contributed by atoms with van der Waals surface area (Å²) < 4.78 is 21.5. The number of rotatable bonds is 6. The Kier molecular flexibility index (Phi) is 4.81. The Labute approximate surface area is 141 Å². The summed E-state index contributed by atoms with van der Waals surface area (Å²) in [6, 6.07) is 12.9. The van der Waals surface area contributed by atoms with Crippen LogP contribution in [0.1, 0.15) is 12.5 Å². The van der Waals surface area contributed by atoms with Crippen molar-refractivity contribution < 1.29 is 9.13 Å². The zero-order chi connectivity index (χ0) is 17.1. The molecule has 0 saturated carbocycles. The minimum Gasteiger partial charge on any atom is -0.473 e. The quantitative estimate of drug-likeness (QED) is 0.691. The van der Waals surface area contributed by atoms with E-state index in [1.165, 1.54) is 6.07 Å². The van der Waals surface area contributed by atoms with Crippen LogP contribution in [0.25, 0.3) is 11.0 Å². The lowest BCUT2D eigenvalue weighted by Gasteiger charge is -2.20. The van der Waals surface area contributed by atoms with Crippen LogP contribution in [-0.4, -0.2) is 34.6 Å². The first kappa shape index (κ1) is 16.5. The number of aromatic nitrogens is 2. The van der Waals surface area contributed by atoms with Gasteiger partial charge in [0, 0.05) is 30.4 Å². The maximum absolute atomic E-state index is 13.6. The molecule has 126 valence electrons. The van der Waals surface area contributed by atoms with E-state index in [0.717, 1.165) is 17.6 Å². The van der Waals surface area contributed by atoms with Crippen LogP contribution in [0.2, 0.25) is 0 Å². The van der Waals surface area contributed by atoms with Crippen LogP contribution in [0, 0.1) is 5.82 Å². The van der Waals surface area contributed by atoms with Crippen molar-refractivity contribution in [1.29, 1.82) is 0 Å². The Balaban J connectivity index is 1.74. The van der Waals surface area contributed by atoms with E-state index in [4.69, 9.17) is 4.74 Å². The first-order chi connectivity index (χ1) is 11.5. The monoisotopic (exact) mass is 327 g/mol. The standard InChI is InChI=1S/C19H22FN3O/c1-14(22(2)3)12-23-11-10-17-18(23)8-9-19(21-17)24-13-15-6-4-5-7-16(15)20/h4-11,14H,12-13H2,1-3H3/t14-/m1/s1. The fourth-order valence-electron chi connectivity index (χ4n) is 2.51. The van der Waals surface area contributed by atoms with Crippen molar-refractivity contribution in [3.8, 4) is 5.88 Å². The Morgan fingerprint density at radius 1 is 1.17 bits per heavy atom. The second kappa shape index (κ2) is 7.01. The van der Waals surface area contributed by atoms with E-state index in [1.54, 1.807) is 18.2 Å². The lowest BCUT2D eigenvalue weighted by atomic mass is 10.2. The summed E-state index contributed by atoms with van der Waals surface area (Å²) >= 11 is 0. The van der Waals surface area contributed by atoms with Gasteiger partial charge in [0.2, 0.25) is 5.88 Å². The van der Waals surface area contributed by atoms with Crippen molar-refractivity contribution in [2.24, 2.45) is 0 Å². The first-order valence-electron chi connectivity index (χ1n) is 8.03. The molecular formula is C19H22FN3O. The molecule has 0 bridgehead atoms. The summed E-state index contributed by atoms with van der Waals surface area (Å²) in [6.07, 6.45) is 2.04. The molecule has 0 radical (unpaired) electrons. The lowest BCUT2D eigenvalue weighted by Crippen LogP contribution is -2.28. The average molecular weight is 327 g/mol. The van der Waals surface area contributed by atoms with E-state index in [0.29, 0.717) is 17.5 Å². The molecule has 0 saturated heterocycles. The molecule has 1 aromatic carbocycles. The molecule has 0 N–H and O–H groups in total. The molecule has 0 aliphatic rings. The van der Waals surface area contributed by atoms with Crippen LogP contribution in [0.3, 0.4) is 0 Å². The van der Waals surface area contributed by atoms with Crippen molar-refractivity contribution in [3.05, 3.63) is 60.0 Å². The van der Waals surface area contributed by atoms with Crippen molar-refractivity contribution in [2.75, 3.05) is 14.1 Å². The van der Waals surface area contributed by atoms with Crippen LogP contribution in [0.15, 0.2) is 48.7 Å². The number of hydrogen-bond donors (Lipinski definition) is 0. The van der Waals surface area contributed by atoms with Gasteiger partial charge in [-0.3, -0.25) is 0 Å². The van der Waals surface area contributed by atoms with E-state index in [-0.39, 0.29) is 12.4 Å². The highest BCUT2D eigenvalue weighted by molar-refractivity contribution is 5.76. The van der Waals surface area contributed by atoms with Crippen LogP contribution in [-0.2, 0) is 13.2 Å². The molecule has 0 unspecified atom stereocenters. The van der Waals surface area contributed by atoms with Crippen LogP contribution in [0.5, 0.6) is 5.88 Å². The first-order valence-corrected chi connectivity index (χ1v) is 8.03. The maximum atomic E-state index is 13.6. The number of likely N-dealkylation sites (N-methyl/N-ethyl adjacent to an activating group) is 1. The summed E-state index contributed by atoms with van der Waals surface area (Å²) in [5.74, 6) is 0.242. The zero-order valence-electron chi connectivity index (χ0n) is 14.2. The number of pyridine rings is 1. The highest BCUT2D eigenvalue weighted by Gasteiger charge is 2.10. The SMILES string of the molecule is C[C@H](Cn1ccc2nc(OCc3ccccc3F)ccc21)N(C)C. The van der Waals surface area contributed by atoms with Crippen molar-refractivity contribution in [1.82, 2.24) is 14.5 Å². The van der Waals surface area contributed by atoms with Gasteiger partial charge in [0.1, 0.15) is 12.4 Å². The Morgan fingerprint density at radius 2 is 1.96 bits per heavy atom. The fourth-order valence-corrected chi connectivity index (χ4v) is 2.51. The van der Waals surface area contributed by atoms with E-state index >= 15 is 0 Å². The number of ether oxygens (including phenoxy) is 1. The molecule has 3 rings (SSSR count). The molecule has 0 spiro atoms. The van der Waals surface area contributed by atoms with E-state index in [9.17, 15) is 4.39 Å². The van der Waals surface area contributed by atoms with Gasteiger partial charge >= 0.3 is 0 Å². The van der Waals surface area contributed by atoms with Gasteiger partial charge in [0.15, 0.2) is 0 Å². The molecule has 0 aliphatic heterocycles. The fraction of sp³-hybridized carbons (Fsp3) is 0.316. The molecule has 24 heavy (non-hydrogen) atoms. The number of benzene rings is 1. The van der Waals surface area contributed by atoms with Crippen LogP contribution < -0.4 is 4.74 Å². The summed E-state index contributed by atoms with van der Waals surface area (Å²) in [6.45, 7) is 3.25. The third kappa shape index (κ3) is 3.57. The Morgan fingerprint density at radius 3 is 2.71 bits per heavy atom. The van der Waals surface area contributed by atoms with Gasteiger partial charge in [-0.1, -0.05) is 18.2 Å². The number of fused-ring (bicyclic) bond motifs is 1. The molecule has 2 aromatic heterocycles. The van der Waals surface area contributed by atoms with E-state index in [2.05, 4.69) is 35.5 Å². The van der Waals surface area contributed by atoms with Crippen molar-refractivity contribution in [2.45, 2.75) is 26.1 Å². The minimum atomic E-state index is -0.262. The molecule has 5 heteroatoms. The summed E-state index contributed by atoms with van der Waals surface area (Å²) in [5.41, 5.74) is 2.48. The highest BCUT2D eigenvalue weighted by Crippen LogP contribution is 2.20. The van der Waals surface area contributed by atoms with Gasteiger partial charge in [0.25, 0.3) is 0 Å². The summed E-state index contributed by atoms with van der Waals surface area (Å²) in [5, 5.41) is 0. The van der Waals surface area contributed by atoms with Crippen molar-refractivity contribution in [3.63, 3.8) is 0 Å². The zero-order valence-corrected chi connectivity index (χ0v) is 14.2. The molecular weight excluding hydrogens is 305 g/mol. The second-order valence-electron chi connectivity index (χ2n) is 6.21. The van der Waals surface area contributed by atoms with Gasteiger partial charge in [-0.15, -0.1) is 0 Å². The average Bonchev–Trinajstić information content (AvgIpc) is 2.96. The molecule has 0 aliphatic carbocycles. The summed E-state index contributed by atoms with van der Waals surface area (Å²) in [4.78, 5) is 6.70. The van der Waals surface area contributed by atoms with Gasteiger partial charge < -0.3 is 14.2 Å². The molecule has 1 atom stereocenters. The Bertz CT molecular complexity index is 828. The number of halogens is 1. The van der Waals surface area contributed by atoms with Gasteiger partial charge in [-0.2, -0.15) is 0 Å². The molecule has 2 heterocycles. The molecule has 3 aromatic rings. The third-order valence-corrected chi connectivity index (χ3v) is 4.27. The lowest BCUT2D eigenvalue weighted by molar-refractivity contribution is 0.286. The predicted molar refractivity (Wildman–Crippen MR) is 93.6 cm³/mol. The smallest absolute Gasteiger partial charge is 0.214 e. The largest absolute Gasteiger partial charge is 0.473 e. The van der Waals surface area contributed by atoms with Crippen molar-refractivity contribution >= 4 is 11.0 Å². The predicted octanol–water partition coefficient (Wildman–Crippen LogP) is 3.70. The van der Waals surface area contributed by atoms with Crippen LogP contribution in [0.4, 0.5) is 4.39 Å². The normalized spacial score (nSPS) is 12.7. The van der Waals surface area contributed by atoms with Crippen LogP contribution >= 0.6 is 0 Å². The third-order valence-electron chi connectivity index (χ3n) is 4.27. The number of hydrogen-bond acceptors (Lipinski definition) is 3. The Hall–Kier alpha value is -2.40. The molecule has 0 fully saturated rings. The van der Waals surface area contributed by atoms with E-state index < -0.39 is 0 Å². The van der Waals surface area contributed by atoms with Gasteiger partial charge in [0.05, 0.1) is 11.0 Å². The molecule has 0 amide bonds. The van der Waals surface area contributed by atoms with E-state index in [1.807, 2.05) is 24.4 Å². The maximum Gasteiger partial charge on any atom is 0.214 e. The topological polar surface area (TPSA) is 30.3 Å². The summed E-state index contributed by atoms with van der Waals surface area (Å²) in [7, 11) is 4.15. The molecule has 4 nitrogen and oxygen atoms in total. The number of nitrogens with zero attached hydrogens (tertiary/aromatic N) is 3.